The van der Waals surface area contributed by atoms with Crippen LogP contribution in [0.25, 0.3) is 0 Å². The Kier molecular flexibility index (Phi) is 6.03. The van der Waals surface area contributed by atoms with Gasteiger partial charge < -0.3 is 15.0 Å². The van der Waals surface area contributed by atoms with Crippen LogP contribution < -0.4 is 15.0 Å². The van der Waals surface area contributed by atoms with Gasteiger partial charge in [-0.25, -0.2) is 8.42 Å². The number of carbonyl (C=O) groups excluding carboxylic acids is 1. The zero-order valence-electron chi connectivity index (χ0n) is 14.5. The van der Waals surface area contributed by atoms with Gasteiger partial charge in [0.15, 0.2) is 9.84 Å². The number of hydrogen-bond donors (Lipinski definition) is 1. The van der Waals surface area contributed by atoms with Gasteiger partial charge in [-0.2, -0.15) is 0 Å². The van der Waals surface area contributed by atoms with Gasteiger partial charge in [0.1, 0.15) is 12.4 Å². The number of nitrogens with zero attached hydrogens (tertiary/aromatic N) is 1. The summed E-state index contributed by atoms with van der Waals surface area (Å²) in [4.78, 5) is 14.3. The van der Waals surface area contributed by atoms with E-state index in [1.165, 1.54) is 0 Å². The normalized spacial score (nSPS) is 11.0. The van der Waals surface area contributed by atoms with Crippen molar-refractivity contribution in [3.8, 4) is 5.75 Å². The Hall–Kier alpha value is -2.54. The quantitative estimate of drug-likeness (QED) is 0.819. The summed E-state index contributed by atoms with van der Waals surface area (Å²) >= 11 is 0. The first kappa shape index (κ1) is 18.8. The minimum absolute atomic E-state index is 0.0546. The van der Waals surface area contributed by atoms with E-state index in [-0.39, 0.29) is 18.3 Å². The van der Waals surface area contributed by atoms with E-state index in [0.717, 1.165) is 11.9 Å². The molecule has 0 bridgehead atoms. The number of carbonyl (C=O) groups is 1. The van der Waals surface area contributed by atoms with Crippen LogP contribution in [0.4, 0.5) is 11.4 Å². The molecule has 2 aromatic rings. The molecule has 2 rings (SSSR count). The minimum Gasteiger partial charge on any atom is -0.492 e. The fraction of sp³-hybridized carbons (Fsp3) is 0.278. The van der Waals surface area contributed by atoms with Crippen LogP contribution >= 0.6 is 0 Å². The average Bonchev–Trinajstić information content (AvgIpc) is 2.54. The number of ether oxygens (including phenoxy) is 1. The summed E-state index contributed by atoms with van der Waals surface area (Å²) < 4.78 is 27.7. The van der Waals surface area contributed by atoms with E-state index in [0.29, 0.717) is 17.0 Å². The Labute approximate surface area is 148 Å². The van der Waals surface area contributed by atoms with Gasteiger partial charge >= 0.3 is 0 Å². The summed E-state index contributed by atoms with van der Waals surface area (Å²) in [7, 11) is 0.753. The van der Waals surface area contributed by atoms with Crippen molar-refractivity contribution in [1.82, 2.24) is 0 Å². The van der Waals surface area contributed by atoms with Gasteiger partial charge in [0.05, 0.1) is 5.75 Å². The highest BCUT2D eigenvalue weighted by Gasteiger charge is 2.09. The molecule has 0 saturated carbocycles. The largest absolute Gasteiger partial charge is 0.492 e. The molecule has 0 saturated heterocycles. The Balaban J connectivity index is 2.03. The van der Waals surface area contributed by atoms with Crippen LogP contribution in [-0.4, -0.2) is 47.0 Å². The van der Waals surface area contributed by atoms with E-state index in [1.54, 1.807) is 30.3 Å². The van der Waals surface area contributed by atoms with Crippen molar-refractivity contribution in [3.05, 3.63) is 54.1 Å². The molecule has 0 unspecified atom stereocenters. The van der Waals surface area contributed by atoms with Gasteiger partial charge in [-0.1, -0.05) is 12.1 Å². The maximum Gasteiger partial charge on any atom is 0.255 e. The molecule has 0 spiro atoms. The Morgan fingerprint density at radius 1 is 1.12 bits per heavy atom. The smallest absolute Gasteiger partial charge is 0.255 e. The number of rotatable bonds is 7. The first-order valence-electron chi connectivity index (χ1n) is 7.74. The number of nitrogens with one attached hydrogen (secondary N) is 1. The second kappa shape index (κ2) is 8.02. The third kappa shape index (κ3) is 6.11. The first-order valence-corrected chi connectivity index (χ1v) is 9.80. The molecular weight excluding hydrogens is 340 g/mol. The molecule has 0 fully saturated rings. The molecule has 0 radical (unpaired) electrons. The van der Waals surface area contributed by atoms with Crippen LogP contribution in [0, 0.1) is 0 Å². The lowest BCUT2D eigenvalue weighted by Gasteiger charge is -2.14. The van der Waals surface area contributed by atoms with Crippen molar-refractivity contribution in [3.63, 3.8) is 0 Å². The van der Waals surface area contributed by atoms with Gasteiger partial charge in [0.25, 0.3) is 5.91 Å². The summed E-state index contributed by atoms with van der Waals surface area (Å²) in [5.41, 5.74) is 2.07. The Morgan fingerprint density at radius 2 is 1.84 bits per heavy atom. The van der Waals surface area contributed by atoms with E-state index in [4.69, 9.17) is 4.74 Å². The lowest BCUT2D eigenvalue weighted by atomic mass is 10.1. The highest BCUT2D eigenvalue weighted by molar-refractivity contribution is 7.90. The molecule has 0 heterocycles. The summed E-state index contributed by atoms with van der Waals surface area (Å²) in [6, 6.07) is 14.2. The molecule has 25 heavy (non-hydrogen) atoms. The maximum absolute atomic E-state index is 12.4. The highest BCUT2D eigenvalue weighted by Crippen LogP contribution is 2.19. The molecule has 0 aromatic heterocycles. The van der Waals surface area contributed by atoms with E-state index in [2.05, 4.69) is 5.32 Å². The number of amides is 1. The Morgan fingerprint density at radius 3 is 2.52 bits per heavy atom. The van der Waals surface area contributed by atoms with Crippen LogP contribution in [0.2, 0.25) is 0 Å². The fourth-order valence-corrected chi connectivity index (χ4v) is 2.49. The van der Waals surface area contributed by atoms with Gasteiger partial charge in [0.2, 0.25) is 0 Å². The summed E-state index contributed by atoms with van der Waals surface area (Å²) in [5, 5.41) is 2.82. The van der Waals surface area contributed by atoms with Crippen LogP contribution in [0.3, 0.4) is 0 Å². The van der Waals surface area contributed by atoms with Crippen molar-refractivity contribution in [1.29, 1.82) is 0 Å². The minimum atomic E-state index is -3.07. The van der Waals surface area contributed by atoms with Crippen molar-refractivity contribution < 1.29 is 17.9 Å². The SMILES string of the molecule is CN(C)c1cccc(C(=O)Nc2cccc(OCCS(C)(=O)=O)c2)c1. The third-order valence-electron chi connectivity index (χ3n) is 3.44. The lowest BCUT2D eigenvalue weighted by molar-refractivity contribution is 0.102. The summed E-state index contributed by atoms with van der Waals surface area (Å²) in [5.74, 6) is 0.224. The van der Waals surface area contributed by atoms with Crippen LogP contribution in [0.5, 0.6) is 5.75 Å². The average molecular weight is 362 g/mol. The highest BCUT2D eigenvalue weighted by atomic mass is 32.2. The second-order valence-electron chi connectivity index (χ2n) is 5.91. The van der Waals surface area contributed by atoms with Gasteiger partial charge in [-0.05, 0) is 30.3 Å². The molecule has 0 aliphatic rings. The monoisotopic (exact) mass is 362 g/mol. The van der Waals surface area contributed by atoms with E-state index in [9.17, 15) is 13.2 Å². The summed E-state index contributed by atoms with van der Waals surface area (Å²) in [6.07, 6.45) is 1.16. The van der Waals surface area contributed by atoms with Crippen molar-refractivity contribution >= 4 is 27.1 Å². The first-order chi connectivity index (χ1) is 11.7. The molecule has 2 aromatic carbocycles. The molecular formula is C18H22N2O4S. The molecule has 1 N–H and O–H groups in total. The van der Waals surface area contributed by atoms with Crippen molar-refractivity contribution in [2.75, 3.05) is 42.9 Å². The zero-order valence-corrected chi connectivity index (χ0v) is 15.3. The standard InChI is InChI=1S/C18H22N2O4S/c1-20(2)16-8-4-6-14(12-16)18(21)19-15-7-5-9-17(13-15)24-10-11-25(3,22)23/h4-9,12-13H,10-11H2,1-3H3,(H,19,21). The number of sulfone groups is 1. The fourth-order valence-electron chi connectivity index (χ4n) is 2.10. The third-order valence-corrected chi connectivity index (χ3v) is 4.35. The van der Waals surface area contributed by atoms with Crippen molar-refractivity contribution in [2.45, 2.75) is 0 Å². The molecule has 0 aliphatic carbocycles. The number of benzene rings is 2. The van der Waals surface area contributed by atoms with E-state index >= 15 is 0 Å². The van der Waals surface area contributed by atoms with Crippen molar-refractivity contribution in [2.24, 2.45) is 0 Å². The molecule has 134 valence electrons. The summed E-state index contributed by atoms with van der Waals surface area (Å²) in [6.45, 7) is 0.0705. The maximum atomic E-state index is 12.4. The Bertz CT molecular complexity index is 848. The molecule has 7 heteroatoms. The zero-order chi connectivity index (χ0) is 18.4. The van der Waals surface area contributed by atoms with E-state index < -0.39 is 9.84 Å². The van der Waals surface area contributed by atoms with Gasteiger partial charge in [-0.15, -0.1) is 0 Å². The molecule has 1 amide bonds. The molecule has 0 atom stereocenters. The van der Waals surface area contributed by atoms with Gasteiger partial charge in [0, 0.05) is 43.4 Å². The molecule has 6 nitrogen and oxygen atoms in total. The predicted octanol–water partition coefficient (Wildman–Crippen LogP) is 2.43. The number of hydrogen-bond acceptors (Lipinski definition) is 5. The van der Waals surface area contributed by atoms with Crippen LogP contribution in [0.1, 0.15) is 10.4 Å². The van der Waals surface area contributed by atoms with Gasteiger partial charge in [-0.3, -0.25) is 4.79 Å². The molecule has 0 aliphatic heterocycles. The van der Waals surface area contributed by atoms with Crippen LogP contribution in [0.15, 0.2) is 48.5 Å². The van der Waals surface area contributed by atoms with Crippen LogP contribution in [-0.2, 0) is 9.84 Å². The van der Waals surface area contributed by atoms with E-state index in [1.807, 2.05) is 37.2 Å². The lowest BCUT2D eigenvalue weighted by Crippen LogP contribution is -2.14. The number of anilines is 2. The predicted molar refractivity (Wildman–Crippen MR) is 100 cm³/mol. The topological polar surface area (TPSA) is 75.7 Å². The second-order valence-corrected chi connectivity index (χ2v) is 8.16.